The number of rotatable bonds is 2. The van der Waals surface area contributed by atoms with Crippen LogP contribution >= 0.6 is 0 Å². The number of hydrogen-bond acceptors (Lipinski definition) is 3. The molecule has 1 aromatic rings. The molecule has 0 amide bonds. The van der Waals surface area contributed by atoms with Gasteiger partial charge in [0.05, 0.1) is 5.56 Å². The van der Waals surface area contributed by atoms with Crippen molar-refractivity contribution in [3.8, 4) is 5.75 Å². The summed E-state index contributed by atoms with van der Waals surface area (Å²) < 4.78 is 5.24. The number of carboxylic acids is 2. The largest absolute Gasteiger partial charge is 0.479 e. The number of aryl methyl sites for hydroxylation is 1. The summed E-state index contributed by atoms with van der Waals surface area (Å²) >= 11 is 0. The van der Waals surface area contributed by atoms with Crippen molar-refractivity contribution in [2.75, 3.05) is 0 Å². The van der Waals surface area contributed by atoms with Crippen LogP contribution in [0, 0.1) is 0 Å². The second kappa shape index (κ2) is 3.84. The zero-order valence-corrected chi connectivity index (χ0v) is 8.34. The molecule has 1 atom stereocenters. The zero-order valence-electron chi connectivity index (χ0n) is 8.34. The van der Waals surface area contributed by atoms with Crippen LogP contribution < -0.4 is 4.74 Å². The Kier molecular flexibility index (Phi) is 2.52. The number of ether oxygens (including phenoxy) is 1. The molecule has 1 heterocycles. The Morgan fingerprint density at radius 1 is 1.31 bits per heavy atom. The van der Waals surface area contributed by atoms with E-state index in [9.17, 15) is 9.59 Å². The monoisotopic (exact) mass is 222 g/mol. The first-order chi connectivity index (χ1) is 7.58. The van der Waals surface area contributed by atoms with Gasteiger partial charge >= 0.3 is 11.9 Å². The van der Waals surface area contributed by atoms with E-state index in [0.29, 0.717) is 18.6 Å². The van der Waals surface area contributed by atoms with Crippen molar-refractivity contribution in [2.45, 2.75) is 18.9 Å². The normalized spacial score (nSPS) is 18.4. The van der Waals surface area contributed by atoms with Crippen molar-refractivity contribution in [1.29, 1.82) is 0 Å². The molecule has 1 unspecified atom stereocenters. The lowest BCUT2D eigenvalue weighted by Gasteiger charge is -2.23. The number of carbonyl (C=O) groups is 2. The van der Waals surface area contributed by atoms with E-state index in [1.807, 2.05) is 0 Å². The molecule has 2 N–H and O–H groups in total. The van der Waals surface area contributed by atoms with Crippen LogP contribution in [-0.4, -0.2) is 28.3 Å². The van der Waals surface area contributed by atoms with E-state index in [2.05, 4.69) is 0 Å². The minimum absolute atomic E-state index is 0.191. The number of benzene rings is 1. The van der Waals surface area contributed by atoms with Gasteiger partial charge in [0, 0.05) is 0 Å². The highest BCUT2D eigenvalue weighted by Crippen LogP contribution is 2.28. The molecule has 0 radical (unpaired) electrons. The zero-order chi connectivity index (χ0) is 11.7. The van der Waals surface area contributed by atoms with Gasteiger partial charge in [-0.3, -0.25) is 0 Å². The summed E-state index contributed by atoms with van der Waals surface area (Å²) in [5, 5.41) is 17.6. The maximum absolute atomic E-state index is 10.7. The van der Waals surface area contributed by atoms with Crippen LogP contribution in [0.15, 0.2) is 18.2 Å². The van der Waals surface area contributed by atoms with Crippen LogP contribution in [0.5, 0.6) is 5.75 Å². The average Bonchev–Trinajstić information content (AvgIpc) is 2.27. The predicted octanol–water partition coefficient (Wildman–Crippen LogP) is 1.16. The van der Waals surface area contributed by atoms with Gasteiger partial charge < -0.3 is 14.9 Å². The summed E-state index contributed by atoms with van der Waals surface area (Å²) in [5.41, 5.74) is 0.938. The van der Waals surface area contributed by atoms with Crippen LogP contribution in [0.1, 0.15) is 22.3 Å². The van der Waals surface area contributed by atoms with E-state index in [1.165, 1.54) is 18.2 Å². The molecule has 2 rings (SSSR count). The van der Waals surface area contributed by atoms with Crippen molar-refractivity contribution in [2.24, 2.45) is 0 Å². The summed E-state index contributed by atoms with van der Waals surface area (Å²) in [4.78, 5) is 21.4. The van der Waals surface area contributed by atoms with Gasteiger partial charge in [0.2, 0.25) is 0 Å². The Morgan fingerprint density at radius 2 is 2.06 bits per heavy atom. The van der Waals surface area contributed by atoms with Gasteiger partial charge in [-0.25, -0.2) is 9.59 Å². The van der Waals surface area contributed by atoms with Gasteiger partial charge in [-0.05, 0) is 36.6 Å². The molecule has 5 nitrogen and oxygen atoms in total. The first kappa shape index (κ1) is 10.5. The fourth-order valence-electron chi connectivity index (χ4n) is 1.70. The van der Waals surface area contributed by atoms with E-state index in [1.54, 1.807) is 0 Å². The third-order valence-corrected chi connectivity index (χ3v) is 2.53. The minimum Gasteiger partial charge on any atom is -0.479 e. The first-order valence-corrected chi connectivity index (χ1v) is 4.83. The SMILES string of the molecule is O=C(O)c1ccc2c(c1)CCC(C(=O)O)O2. The van der Waals surface area contributed by atoms with E-state index in [-0.39, 0.29) is 5.56 Å². The van der Waals surface area contributed by atoms with E-state index < -0.39 is 18.0 Å². The van der Waals surface area contributed by atoms with Crippen molar-refractivity contribution in [3.63, 3.8) is 0 Å². The molecule has 1 aliphatic heterocycles. The van der Waals surface area contributed by atoms with Gasteiger partial charge in [-0.1, -0.05) is 0 Å². The number of aromatic carboxylic acids is 1. The number of hydrogen-bond donors (Lipinski definition) is 2. The van der Waals surface area contributed by atoms with Gasteiger partial charge in [-0.2, -0.15) is 0 Å². The Labute approximate surface area is 91.3 Å². The number of fused-ring (bicyclic) bond motifs is 1. The molecule has 0 bridgehead atoms. The van der Waals surface area contributed by atoms with Crippen LogP contribution in [0.4, 0.5) is 0 Å². The van der Waals surface area contributed by atoms with Gasteiger partial charge in [0.1, 0.15) is 5.75 Å². The topological polar surface area (TPSA) is 83.8 Å². The van der Waals surface area contributed by atoms with E-state index >= 15 is 0 Å². The van der Waals surface area contributed by atoms with Gasteiger partial charge in [-0.15, -0.1) is 0 Å². The summed E-state index contributed by atoms with van der Waals surface area (Å²) in [6, 6.07) is 4.44. The van der Waals surface area contributed by atoms with Crippen molar-refractivity contribution in [3.05, 3.63) is 29.3 Å². The third kappa shape index (κ3) is 1.84. The quantitative estimate of drug-likeness (QED) is 0.784. The van der Waals surface area contributed by atoms with Crippen LogP contribution in [0.2, 0.25) is 0 Å². The van der Waals surface area contributed by atoms with Gasteiger partial charge in [0.15, 0.2) is 6.10 Å². The lowest BCUT2D eigenvalue weighted by atomic mass is 10.00. The Bertz CT molecular complexity index is 452. The van der Waals surface area contributed by atoms with Crippen LogP contribution in [0.25, 0.3) is 0 Å². The van der Waals surface area contributed by atoms with E-state index in [4.69, 9.17) is 14.9 Å². The van der Waals surface area contributed by atoms with E-state index in [0.717, 1.165) is 5.56 Å². The van der Waals surface area contributed by atoms with Crippen molar-refractivity contribution >= 4 is 11.9 Å². The summed E-state index contributed by atoms with van der Waals surface area (Å²) in [6.45, 7) is 0. The second-order valence-corrected chi connectivity index (χ2v) is 3.61. The van der Waals surface area contributed by atoms with Crippen molar-refractivity contribution in [1.82, 2.24) is 0 Å². The second-order valence-electron chi connectivity index (χ2n) is 3.61. The molecule has 0 aliphatic carbocycles. The van der Waals surface area contributed by atoms with Crippen LogP contribution in [-0.2, 0) is 11.2 Å². The molecule has 0 saturated heterocycles. The molecule has 5 heteroatoms. The molecule has 84 valence electrons. The summed E-state index contributed by atoms with van der Waals surface area (Å²) in [7, 11) is 0. The molecular weight excluding hydrogens is 212 g/mol. The predicted molar refractivity (Wildman–Crippen MR) is 53.8 cm³/mol. The maximum Gasteiger partial charge on any atom is 0.344 e. The van der Waals surface area contributed by atoms with Crippen LogP contribution in [0.3, 0.4) is 0 Å². The molecule has 1 aliphatic rings. The fourth-order valence-corrected chi connectivity index (χ4v) is 1.70. The summed E-state index contributed by atoms with van der Waals surface area (Å²) in [5.74, 6) is -1.53. The number of aliphatic carboxylic acids is 1. The highest BCUT2D eigenvalue weighted by molar-refractivity contribution is 5.88. The number of carboxylic acid groups (broad SMARTS) is 2. The highest BCUT2D eigenvalue weighted by atomic mass is 16.5. The molecule has 0 saturated carbocycles. The minimum atomic E-state index is -0.997. The third-order valence-electron chi connectivity index (χ3n) is 2.53. The Balaban J connectivity index is 2.29. The smallest absolute Gasteiger partial charge is 0.344 e. The lowest BCUT2D eigenvalue weighted by Crippen LogP contribution is -2.30. The molecular formula is C11H10O5. The summed E-state index contributed by atoms with van der Waals surface area (Å²) in [6.07, 6.45) is 0.0573. The average molecular weight is 222 g/mol. The Hall–Kier alpha value is -2.04. The first-order valence-electron chi connectivity index (χ1n) is 4.83. The molecule has 0 aromatic heterocycles. The van der Waals surface area contributed by atoms with Gasteiger partial charge in [0.25, 0.3) is 0 Å². The lowest BCUT2D eigenvalue weighted by molar-refractivity contribution is -0.145. The Morgan fingerprint density at radius 3 is 2.69 bits per heavy atom. The highest BCUT2D eigenvalue weighted by Gasteiger charge is 2.25. The molecule has 0 fully saturated rings. The maximum atomic E-state index is 10.7. The fraction of sp³-hybridized carbons (Fsp3) is 0.273. The molecule has 16 heavy (non-hydrogen) atoms. The standard InChI is InChI=1S/C11H10O5/c12-10(13)7-2-3-8-6(5-7)1-4-9(16-8)11(14)15/h2-3,5,9H,1,4H2,(H,12,13)(H,14,15). The molecule has 1 aromatic carbocycles. The molecule has 0 spiro atoms. The van der Waals surface area contributed by atoms with Crippen molar-refractivity contribution < 1.29 is 24.5 Å².